The molecule has 25 heavy (non-hydrogen) atoms. The van der Waals surface area contributed by atoms with E-state index in [1.807, 2.05) is 48.5 Å². The van der Waals surface area contributed by atoms with Gasteiger partial charge in [-0.3, -0.25) is 10.1 Å². The maximum atomic E-state index is 10.8. The maximum Gasteiger partial charge on any atom is 0.433 e. The van der Waals surface area contributed by atoms with Gasteiger partial charge in [0.1, 0.15) is 10.4 Å². The van der Waals surface area contributed by atoms with E-state index in [4.69, 9.17) is 8.83 Å². The average Bonchev–Trinajstić information content (AvgIpc) is 3.29. The van der Waals surface area contributed by atoms with Gasteiger partial charge < -0.3 is 8.83 Å². The molecule has 0 aliphatic heterocycles. The molecular weight excluding hydrogens is 320 g/mol. The summed E-state index contributed by atoms with van der Waals surface area (Å²) in [5, 5.41) is 14.9. The molecule has 0 atom stereocenters. The molecule has 0 amide bonds. The van der Waals surface area contributed by atoms with E-state index in [0.29, 0.717) is 11.1 Å². The zero-order valence-corrected chi connectivity index (χ0v) is 12.8. The molecule has 0 fully saturated rings. The Balaban J connectivity index is 1.88. The smallest absolute Gasteiger partial charge is 0.433 e. The van der Waals surface area contributed by atoms with Crippen molar-refractivity contribution < 1.29 is 13.8 Å². The molecule has 120 valence electrons. The average molecular weight is 330 g/mol. The van der Waals surface area contributed by atoms with Crippen LogP contribution in [0.1, 0.15) is 0 Å². The summed E-state index contributed by atoms with van der Waals surface area (Å²) in [4.78, 5) is 14.8. The van der Waals surface area contributed by atoms with Gasteiger partial charge in [0.2, 0.25) is 0 Å². The molecule has 0 aliphatic carbocycles. The van der Waals surface area contributed by atoms with E-state index >= 15 is 0 Å². The molecule has 2 heterocycles. The lowest BCUT2D eigenvalue weighted by molar-refractivity contribution is -0.401. The Morgan fingerprint density at radius 2 is 1.44 bits per heavy atom. The number of nitro groups is 1. The van der Waals surface area contributed by atoms with Crippen LogP contribution in [-0.4, -0.2) is 9.91 Å². The Bertz CT molecular complexity index is 1210. The van der Waals surface area contributed by atoms with Crippen LogP contribution in [0.2, 0.25) is 0 Å². The van der Waals surface area contributed by atoms with Crippen molar-refractivity contribution >= 4 is 38.5 Å². The van der Waals surface area contributed by atoms with Gasteiger partial charge in [-0.2, -0.15) is 0 Å². The number of fused-ring (bicyclic) bond motifs is 6. The van der Waals surface area contributed by atoms with Gasteiger partial charge in [0.15, 0.2) is 11.3 Å². The normalized spacial score (nSPS) is 11.5. The summed E-state index contributed by atoms with van der Waals surface area (Å²) in [7, 11) is 0. The SMILES string of the molecule is O=[N+]([O-])c1ccc(-c2nc3c4ccccc4c4ccccc4c3o2)o1. The molecule has 6 heteroatoms. The van der Waals surface area contributed by atoms with Crippen LogP contribution in [0.5, 0.6) is 0 Å². The monoisotopic (exact) mass is 330 g/mol. The zero-order chi connectivity index (χ0) is 17.0. The predicted octanol–water partition coefficient (Wildman–Crippen LogP) is 5.30. The summed E-state index contributed by atoms with van der Waals surface area (Å²) < 4.78 is 11.2. The highest BCUT2D eigenvalue weighted by Gasteiger charge is 2.20. The van der Waals surface area contributed by atoms with Crippen LogP contribution in [0.15, 0.2) is 69.5 Å². The van der Waals surface area contributed by atoms with Crippen molar-refractivity contribution in [2.45, 2.75) is 0 Å². The van der Waals surface area contributed by atoms with Crippen molar-refractivity contribution in [2.24, 2.45) is 0 Å². The van der Waals surface area contributed by atoms with Crippen molar-refractivity contribution in [3.63, 3.8) is 0 Å². The quantitative estimate of drug-likeness (QED) is 0.249. The summed E-state index contributed by atoms with van der Waals surface area (Å²) >= 11 is 0. The molecule has 0 spiro atoms. The van der Waals surface area contributed by atoms with Gasteiger partial charge in [0.05, 0.1) is 6.07 Å². The van der Waals surface area contributed by atoms with E-state index < -0.39 is 4.92 Å². The third kappa shape index (κ3) is 1.94. The van der Waals surface area contributed by atoms with Crippen LogP contribution >= 0.6 is 0 Å². The first-order chi connectivity index (χ1) is 12.2. The van der Waals surface area contributed by atoms with E-state index in [0.717, 1.165) is 21.5 Å². The molecule has 6 nitrogen and oxygen atoms in total. The van der Waals surface area contributed by atoms with Gasteiger partial charge in [0.25, 0.3) is 5.89 Å². The summed E-state index contributed by atoms with van der Waals surface area (Å²) in [6.07, 6.45) is 0. The van der Waals surface area contributed by atoms with Crippen molar-refractivity contribution in [2.75, 3.05) is 0 Å². The second-order valence-corrected chi connectivity index (χ2v) is 5.68. The predicted molar refractivity (Wildman–Crippen MR) is 93.4 cm³/mol. The molecule has 0 bridgehead atoms. The van der Waals surface area contributed by atoms with Crippen molar-refractivity contribution in [1.29, 1.82) is 0 Å². The minimum absolute atomic E-state index is 0.226. The molecule has 5 aromatic rings. The van der Waals surface area contributed by atoms with Crippen molar-refractivity contribution in [3.05, 3.63) is 70.8 Å². The Labute approximate surface area is 140 Å². The summed E-state index contributed by atoms with van der Waals surface area (Å²) in [5.41, 5.74) is 1.35. The first kappa shape index (κ1) is 13.7. The molecular formula is C19H10N2O4. The second kappa shape index (κ2) is 4.91. The minimum atomic E-state index is -0.586. The summed E-state index contributed by atoms with van der Waals surface area (Å²) in [6, 6.07) is 18.7. The molecule has 0 radical (unpaired) electrons. The number of nitrogens with zero attached hydrogens (tertiary/aromatic N) is 2. The van der Waals surface area contributed by atoms with E-state index in [-0.39, 0.29) is 17.5 Å². The number of rotatable bonds is 2. The lowest BCUT2D eigenvalue weighted by Gasteiger charge is -2.04. The number of hydrogen-bond donors (Lipinski definition) is 0. The van der Waals surface area contributed by atoms with Crippen LogP contribution in [0, 0.1) is 10.1 Å². The Morgan fingerprint density at radius 1 is 0.800 bits per heavy atom. The highest BCUT2D eigenvalue weighted by Crippen LogP contribution is 2.37. The standard InChI is InChI=1S/C19H10N2O4/c22-21(23)16-10-9-15(24-16)19-20-17-13-7-3-1-5-11(13)12-6-2-4-8-14(12)18(17)25-19/h1-10H. The fourth-order valence-electron chi connectivity index (χ4n) is 3.17. The number of aromatic nitrogens is 1. The Hall–Kier alpha value is -3.67. The third-order valence-corrected chi connectivity index (χ3v) is 4.25. The Kier molecular flexibility index (Phi) is 2.70. The fourth-order valence-corrected chi connectivity index (χ4v) is 3.17. The number of benzene rings is 3. The van der Waals surface area contributed by atoms with Crippen LogP contribution in [-0.2, 0) is 0 Å². The van der Waals surface area contributed by atoms with E-state index in [1.165, 1.54) is 12.1 Å². The number of oxazole rings is 1. The van der Waals surface area contributed by atoms with Gasteiger partial charge in [-0.25, -0.2) is 4.98 Å². The third-order valence-electron chi connectivity index (χ3n) is 4.25. The van der Waals surface area contributed by atoms with Gasteiger partial charge >= 0.3 is 5.88 Å². The summed E-state index contributed by atoms with van der Waals surface area (Å²) in [5.74, 6) is 0.118. The molecule has 0 N–H and O–H groups in total. The van der Waals surface area contributed by atoms with Gasteiger partial charge in [-0.1, -0.05) is 48.5 Å². The van der Waals surface area contributed by atoms with Crippen LogP contribution in [0.3, 0.4) is 0 Å². The van der Waals surface area contributed by atoms with Crippen molar-refractivity contribution in [1.82, 2.24) is 4.98 Å². The van der Waals surface area contributed by atoms with Crippen molar-refractivity contribution in [3.8, 4) is 11.7 Å². The largest absolute Gasteiger partial charge is 0.433 e. The molecule has 0 saturated carbocycles. The lowest BCUT2D eigenvalue weighted by atomic mass is 10.0. The molecule has 3 aromatic carbocycles. The Morgan fingerprint density at radius 3 is 2.12 bits per heavy atom. The van der Waals surface area contributed by atoms with Crippen LogP contribution in [0.4, 0.5) is 5.88 Å². The van der Waals surface area contributed by atoms with Gasteiger partial charge in [0, 0.05) is 10.8 Å². The zero-order valence-electron chi connectivity index (χ0n) is 12.8. The highest BCUT2D eigenvalue weighted by atomic mass is 16.6. The first-order valence-corrected chi connectivity index (χ1v) is 7.67. The van der Waals surface area contributed by atoms with E-state index in [1.54, 1.807) is 0 Å². The highest BCUT2D eigenvalue weighted by molar-refractivity contribution is 6.22. The second-order valence-electron chi connectivity index (χ2n) is 5.68. The lowest BCUT2D eigenvalue weighted by Crippen LogP contribution is -1.82. The summed E-state index contributed by atoms with van der Waals surface area (Å²) in [6.45, 7) is 0. The minimum Gasteiger partial charge on any atom is -0.433 e. The van der Waals surface area contributed by atoms with E-state index in [9.17, 15) is 10.1 Å². The van der Waals surface area contributed by atoms with Crippen LogP contribution in [0.25, 0.3) is 44.3 Å². The van der Waals surface area contributed by atoms with Gasteiger partial charge in [-0.05, 0) is 16.8 Å². The molecule has 0 unspecified atom stereocenters. The molecule has 0 saturated heterocycles. The topological polar surface area (TPSA) is 82.3 Å². The van der Waals surface area contributed by atoms with E-state index in [2.05, 4.69) is 4.98 Å². The van der Waals surface area contributed by atoms with Gasteiger partial charge in [-0.15, -0.1) is 0 Å². The number of hydrogen-bond acceptors (Lipinski definition) is 5. The maximum absolute atomic E-state index is 10.8. The first-order valence-electron chi connectivity index (χ1n) is 7.67. The molecule has 0 aliphatic rings. The fraction of sp³-hybridized carbons (Fsp3) is 0. The van der Waals surface area contributed by atoms with Crippen LogP contribution < -0.4 is 0 Å². The molecule has 2 aromatic heterocycles. The number of furan rings is 1. The molecule has 5 rings (SSSR count).